The second kappa shape index (κ2) is 9.38. The first-order valence-corrected chi connectivity index (χ1v) is 10.6. The van der Waals surface area contributed by atoms with Crippen LogP contribution in [0.4, 0.5) is 0 Å². The monoisotopic (exact) mass is 378 g/mol. The zero-order valence-corrected chi connectivity index (χ0v) is 17.7. The molecule has 0 bridgehead atoms. The van der Waals surface area contributed by atoms with Crippen LogP contribution in [-0.4, -0.2) is 41.9 Å². The zero-order chi connectivity index (χ0) is 20.0. The largest absolute Gasteiger partial charge is 0.341 e. The van der Waals surface area contributed by atoms with Crippen LogP contribution in [0.1, 0.15) is 50.3 Å². The van der Waals surface area contributed by atoms with Gasteiger partial charge in [-0.2, -0.15) is 0 Å². The van der Waals surface area contributed by atoms with Crippen molar-refractivity contribution in [3.8, 4) is 0 Å². The average molecular weight is 379 g/mol. The van der Waals surface area contributed by atoms with E-state index in [1.165, 1.54) is 16.7 Å². The topological polar surface area (TPSA) is 23.6 Å². The second-order valence-electron chi connectivity index (χ2n) is 8.94. The van der Waals surface area contributed by atoms with E-state index in [1.54, 1.807) is 0 Å². The van der Waals surface area contributed by atoms with Gasteiger partial charge in [-0.25, -0.2) is 0 Å². The van der Waals surface area contributed by atoms with Crippen LogP contribution in [0.25, 0.3) is 0 Å². The highest BCUT2D eigenvalue weighted by atomic mass is 16.2. The van der Waals surface area contributed by atoms with Crippen LogP contribution in [0.2, 0.25) is 0 Å². The van der Waals surface area contributed by atoms with Gasteiger partial charge in [-0.05, 0) is 34.9 Å². The minimum absolute atomic E-state index is 0.196. The molecule has 28 heavy (non-hydrogen) atoms. The van der Waals surface area contributed by atoms with Crippen molar-refractivity contribution in [3.05, 3.63) is 71.3 Å². The number of aryl methyl sites for hydroxylation is 1. The Balaban J connectivity index is 1.48. The number of rotatable bonds is 5. The van der Waals surface area contributed by atoms with Gasteiger partial charge in [0.2, 0.25) is 5.91 Å². The molecular formula is C25H34N2O. The number of hydrogen-bond donors (Lipinski definition) is 0. The van der Waals surface area contributed by atoms with Crippen LogP contribution >= 0.6 is 0 Å². The van der Waals surface area contributed by atoms with E-state index < -0.39 is 0 Å². The summed E-state index contributed by atoms with van der Waals surface area (Å²) in [5, 5.41) is 0. The molecular weight excluding hydrogens is 344 g/mol. The lowest BCUT2D eigenvalue weighted by atomic mass is 9.87. The normalized spacial score (nSPS) is 16.0. The van der Waals surface area contributed by atoms with Crippen molar-refractivity contribution in [1.82, 2.24) is 9.80 Å². The molecule has 2 aromatic carbocycles. The Hall–Kier alpha value is -2.13. The number of carbonyl (C=O) groups excluding carboxylic acids is 1. The molecule has 1 heterocycles. The highest BCUT2D eigenvalue weighted by molar-refractivity contribution is 5.76. The molecule has 3 nitrogen and oxygen atoms in total. The summed E-state index contributed by atoms with van der Waals surface area (Å²) in [7, 11) is 0. The Morgan fingerprint density at radius 3 is 2.25 bits per heavy atom. The summed E-state index contributed by atoms with van der Waals surface area (Å²) in [5.41, 5.74) is 4.17. The average Bonchev–Trinajstić information content (AvgIpc) is 2.92. The Kier molecular flexibility index (Phi) is 6.90. The lowest BCUT2D eigenvalue weighted by Gasteiger charge is -2.23. The molecule has 0 aromatic heterocycles. The summed E-state index contributed by atoms with van der Waals surface area (Å²) >= 11 is 0. The molecule has 0 aliphatic carbocycles. The first-order valence-electron chi connectivity index (χ1n) is 10.6. The molecule has 0 spiro atoms. The predicted molar refractivity (Wildman–Crippen MR) is 116 cm³/mol. The van der Waals surface area contributed by atoms with E-state index in [1.807, 2.05) is 18.2 Å². The van der Waals surface area contributed by atoms with Crippen molar-refractivity contribution in [2.75, 3.05) is 26.2 Å². The van der Waals surface area contributed by atoms with E-state index in [-0.39, 0.29) is 5.41 Å². The summed E-state index contributed by atoms with van der Waals surface area (Å²) in [6, 6.07) is 19.3. The third-order valence-corrected chi connectivity index (χ3v) is 5.64. The Labute approximate surface area is 170 Å². The predicted octanol–water partition coefficient (Wildman–Crippen LogP) is 4.65. The van der Waals surface area contributed by atoms with Gasteiger partial charge in [-0.3, -0.25) is 9.69 Å². The molecule has 1 aliphatic rings. The molecule has 0 unspecified atom stereocenters. The lowest BCUT2D eigenvalue weighted by molar-refractivity contribution is -0.131. The highest BCUT2D eigenvalue weighted by Crippen LogP contribution is 2.22. The van der Waals surface area contributed by atoms with Crippen molar-refractivity contribution in [1.29, 1.82) is 0 Å². The molecule has 1 saturated heterocycles. The number of carbonyl (C=O) groups is 1. The standard InChI is InChI=1S/C25H34N2O/c1-25(2,3)23-13-10-22(11-14-23)20-26-16-7-17-27(19-18-26)24(28)15-12-21-8-5-4-6-9-21/h4-6,8-11,13-14H,7,12,15-20H2,1-3H3. The first kappa shape index (κ1) is 20.6. The van der Waals surface area contributed by atoms with Gasteiger partial charge >= 0.3 is 0 Å². The van der Waals surface area contributed by atoms with Gasteiger partial charge in [0.1, 0.15) is 0 Å². The maximum Gasteiger partial charge on any atom is 0.222 e. The highest BCUT2D eigenvalue weighted by Gasteiger charge is 2.19. The van der Waals surface area contributed by atoms with Crippen LogP contribution < -0.4 is 0 Å². The summed E-state index contributed by atoms with van der Waals surface area (Å²) in [6.07, 6.45) is 2.50. The minimum atomic E-state index is 0.196. The molecule has 2 aromatic rings. The van der Waals surface area contributed by atoms with Crippen molar-refractivity contribution in [2.24, 2.45) is 0 Å². The number of nitrogens with zero attached hydrogens (tertiary/aromatic N) is 2. The van der Waals surface area contributed by atoms with Gasteiger partial charge in [0.25, 0.3) is 0 Å². The summed E-state index contributed by atoms with van der Waals surface area (Å²) in [5.74, 6) is 0.292. The number of amides is 1. The van der Waals surface area contributed by atoms with E-state index in [2.05, 4.69) is 67.0 Å². The number of benzene rings is 2. The van der Waals surface area contributed by atoms with Crippen molar-refractivity contribution in [2.45, 2.75) is 52.0 Å². The molecule has 150 valence electrons. The summed E-state index contributed by atoms with van der Waals surface area (Å²) in [6.45, 7) is 11.5. The number of hydrogen-bond acceptors (Lipinski definition) is 2. The third-order valence-electron chi connectivity index (χ3n) is 5.64. The van der Waals surface area contributed by atoms with E-state index in [4.69, 9.17) is 0 Å². The Morgan fingerprint density at radius 2 is 1.57 bits per heavy atom. The van der Waals surface area contributed by atoms with Gasteiger partial charge < -0.3 is 4.90 Å². The summed E-state index contributed by atoms with van der Waals surface area (Å²) in [4.78, 5) is 17.2. The maximum atomic E-state index is 12.6. The second-order valence-corrected chi connectivity index (χ2v) is 8.94. The molecule has 1 amide bonds. The molecule has 1 aliphatic heterocycles. The van der Waals surface area contributed by atoms with Gasteiger partial charge in [0.05, 0.1) is 0 Å². The van der Waals surface area contributed by atoms with Crippen LogP contribution in [0.5, 0.6) is 0 Å². The first-order chi connectivity index (χ1) is 13.4. The van der Waals surface area contributed by atoms with Crippen molar-refractivity contribution >= 4 is 5.91 Å². The van der Waals surface area contributed by atoms with E-state index in [0.29, 0.717) is 12.3 Å². The molecule has 0 radical (unpaired) electrons. The molecule has 0 saturated carbocycles. The zero-order valence-electron chi connectivity index (χ0n) is 17.7. The third kappa shape index (κ3) is 5.93. The minimum Gasteiger partial charge on any atom is -0.341 e. The molecule has 3 heteroatoms. The van der Waals surface area contributed by atoms with E-state index >= 15 is 0 Å². The van der Waals surface area contributed by atoms with Gasteiger partial charge in [-0.15, -0.1) is 0 Å². The molecule has 1 fully saturated rings. The van der Waals surface area contributed by atoms with Gasteiger partial charge in [0.15, 0.2) is 0 Å². The van der Waals surface area contributed by atoms with Crippen LogP contribution in [0.3, 0.4) is 0 Å². The van der Waals surface area contributed by atoms with Crippen LogP contribution in [0, 0.1) is 0 Å². The Morgan fingerprint density at radius 1 is 0.857 bits per heavy atom. The fourth-order valence-electron chi connectivity index (χ4n) is 3.80. The molecule has 0 atom stereocenters. The lowest BCUT2D eigenvalue weighted by Crippen LogP contribution is -2.35. The quantitative estimate of drug-likeness (QED) is 0.756. The van der Waals surface area contributed by atoms with Crippen LogP contribution in [-0.2, 0) is 23.2 Å². The van der Waals surface area contributed by atoms with Gasteiger partial charge in [0, 0.05) is 39.1 Å². The smallest absolute Gasteiger partial charge is 0.222 e. The molecule has 0 N–H and O–H groups in total. The van der Waals surface area contributed by atoms with E-state index in [0.717, 1.165) is 45.6 Å². The van der Waals surface area contributed by atoms with Crippen LogP contribution in [0.15, 0.2) is 54.6 Å². The maximum absolute atomic E-state index is 12.6. The van der Waals surface area contributed by atoms with Gasteiger partial charge in [-0.1, -0.05) is 75.4 Å². The van der Waals surface area contributed by atoms with E-state index in [9.17, 15) is 4.79 Å². The fourth-order valence-corrected chi connectivity index (χ4v) is 3.80. The SMILES string of the molecule is CC(C)(C)c1ccc(CN2CCCN(C(=O)CCc3ccccc3)CC2)cc1. The van der Waals surface area contributed by atoms with Crippen molar-refractivity contribution < 1.29 is 4.79 Å². The molecule has 3 rings (SSSR count). The summed E-state index contributed by atoms with van der Waals surface area (Å²) < 4.78 is 0. The Bertz CT molecular complexity index is 746. The van der Waals surface area contributed by atoms with Crippen molar-refractivity contribution in [3.63, 3.8) is 0 Å². The fraction of sp³-hybridized carbons (Fsp3) is 0.480.